The van der Waals surface area contributed by atoms with Gasteiger partial charge < -0.3 is 4.74 Å². The van der Waals surface area contributed by atoms with Gasteiger partial charge in [-0.15, -0.1) is 0 Å². The van der Waals surface area contributed by atoms with Crippen LogP contribution in [0.3, 0.4) is 0 Å². The summed E-state index contributed by atoms with van der Waals surface area (Å²) in [5.41, 5.74) is 1.27. The van der Waals surface area contributed by atoms with E-state index in [2.05, 4.69) is 64.8 Å². The molecular formula is C15H22Br2O. The Morgan fingerprint density at radius 2 is 2.00 bits per heavy atom. The zero-order valence-corrected chi connectivity index (χ0v) is 14.6. The smallest absolute Gasteiger partial charge is 0.122 e. The van der Waals surface area contributed by atoms with Gasteiger partial charge in [-0.2, -0.15) is 0 Å². The Labute approximate surface area is 128 Å². The van der Waals surface area contributed by atoms with Crippen LogP contribution in [0.1, 0.15) is 45.1 Å². The monoisotopic (exact) mass is 376 g/mol. The molecule has 0 heterocycles. The molecule has 1 atom stereocenters. The van der Waals surface area contributed by atoms with Gasteiger partial charge in [-0.1, -0.05) is 59.1 Å². The summed E-state index contributed by atoms with van der Waals surface area (Å²) < 4.78 is 7.12. The first-order valence-corrected chi connectivity index (χ1v) is 8.48. The quantitative estimate of drug-likeness (QED) is 0.548. The molecule has 1 rings (SSSR count). The molecule has 1 nitrogen and oxygen atoms in total. The molecule has 0 saturated carbocycles. The molecule has 18 heavy (non-hydrogen) atoms. The van der Waals surface area contributed by atoms with E-state index in [1.807, 2.05) is 6.07 Å². The molecule has 1 aromatic rings. The fourth-order valence-electron chi connectivity index (χ4n) is 1.92. The highest BCUT2D eigenvalue weighted by atomic mass is 79.9. The average Bonchev–Trinajstić information content (AvgIpc) is 2.35. The number of alkyl halides is 1. The molecule has 102 valence electrons. The maximum Gasteiger partial charge on any atom is 0.122 e. The summed E-state index contributed by atoms with van der Waals surface area (Å²) in [5, 5.41) is 1.01. The molecule has 3 heteroatoms. The summed E-state index contributed by atoms with van der Waals surface area (Å²) in [4.78, 5) is 0. The molecule has 0 amide bonds. The van der Waals surface area contributed by atoms with E-state index in [4.69, 9.17) is 4.74 Å². The normalized spacial score (nSPS) is 12.8. The first-order chi connectivity index (χ1) is 8.58. The standard InChI is InChI=1S/C15H22Br2O/c1-4-5-12(9-16)10-18-15-7-6-13(17)8-14(15)11(2)3/h6-8,11-12H,4-5,9-10H2,1-3H3. The summed E-state index contributed by atoms with van der Waals surface area (Å²) >= 11 is 7.08. The molecule has 0 saturated heterocycles. The van der Waals surface area contributed by atoms with E-state index in [0.29, 0.717) is 11.8 Å². The van der Waals surface area contributed by atoms with Crippen LogP contribution in [0.4, 0.5) is 0 Å². The van der Waals surface area contributed by atoms with E-state index in [1.165, 1.54) is 18.4 Å². The van der Waals surface area contributed by atoms with E-state index >= 15 is 0 Å². The van der Waals surface area contributed by atoms with Crippen molar-refractivity contribution in [1.29, 1.82) is 0 Å². The molecule has 0 aliphatic carbocycles. The van der Waals surface area contributed by atoms with Crippen LogP contribution in [-0.4, -0.2) is 11.9 Å². The number of hydrogen-bond acceptors (Lipinski definition) is 1. The van der Waals surface area contributed by atoms with E-state index in [-0.39, 0.29) is 0 Å². The minimum atomic E-state index is 0.478. The second-order valence-corrected chi connectivity index (χ2v) is 6.52. The van der Waals surface area contributed by atoms with Crippen molar-refractivity contribution < 1.29 is 4.74 Å². The van der Waals surface area contributed by atoms with Gasteiger partial charge in [0.25, 0.3) is 0 Å². The minimum Gasteiger partial charge on any atom is -0.493 e. The van der Waals surface area contributed by atoms with Gasteiger partial charge in [0, 0.05) is 15.7 Å². The highest BCUT2D eigenvalue weighted by molar-refractivity contribution is 9.10. The van der Waals surface area contributed by atoms with Gasteiger partial charge in [0.05, 0.1) is 6.61 Å². The zero-order valence-electron chi connectivity index (χ0n) is 11.4. The van der Waals surface area contributed by atoms with Crippen LogP contribution in [0.15, 0.2) is 22.7 Å². The highest BCUT2D eigenvalue weighted by Gasteiger charge is 2.11. The molecule has 0 spiro atoms. The third-order valence-electron chi connectivity index (χ3n) is 2.98. The van der Waals surface area contributed by atoms with Gasteiger partial charge in [0.15, 0.2) is 0 Å². The van der Waals surface area contributed by atoms with Crippen LogP contribution in [-0.2, 0) is 0 Å². The molecular weight excluding hydrogens is 356 g/mol. The van der Waals surface area contributed by atoms with Crippen LogP contribution >= 0.6 is 31.9 Å². The van der Waals surface area contributed by atoms with Crippen molar-refractivity contribution >= 4 is 31.9 Å². The number of rotatable bonds is 7. The lowest BCUT2D eigenvalue weighted by atomic mass is 10.0. The minimum absolute atomic E-state index is 0.478. The van der Waals surface area contributed by atoms with E-state index < -0.39 is 0 Å². The Hall–Kier alpha value is -0.0200. The number of benzene rings is 1. The molecule has 0 aliphatic rings. The summed E-state index contributed by atoms with van der Waals surface area (Å²) in [5.74, 6) is 2.10. The number of hydrogen-bond donors (Lipinski definition) is 0. The third-order valence-corrected chi connectivity index (χ3v) is 4.39. The molecule has 0 aliphatic heterocycles. The van der Waals surface area contributed by atoms with Crippen LogP contribution in [0, 0.1) is 5.92 Å². The Morgan fingerprint density at radius 3 is 2.56 bits per heavy atom. The van der Waals surface area contributed by atoms with Gasteiger partial charge in [-0.05, 0) is 36.1 Å². The van der Waals surface area contributed by atoms with Crippen LogP contribution < -0.4 is 4.74 Å². The first kappa shape index (κ1) is 16.0. The Kier molecular flexibility index (Phi) is 7.31. The lowest BCUT2D eigenvalue weighted by molar-refractivity contribution is 0.252. The van der Waals surface area contributed by atoms with Gasteiger partial charge in [-0.25, -0.2) is 0 Å². The van der Waals surface area contributed by atoms with Gasteiger partial charge >= 0.3 is 0 Å². The largest absolute Gasteiger partial charge is 0.493 e. The second-order valence-electron chi connectivity index (χ2n) is 4.96. The third kappa shape index (κ3) is 4.93. The van der Waals surface area contributed by atoms with E-state index in [0.717, 1.165) is 22.2 Å². The Morgan fingerprint density at radius 1 is 1.28 bits per heavy atom. The Balaban J connectivity index is 2.71. The summed E-state index contributed by atoms with van der Waals surface area (Å²) in [7, 11) is 0. The molecule has 1 aromatic carbocycles. The molecule has 0 bridgehead atoms. The molecule has 0 N–H and O–H groups in total. The predicted molar refractivity (Wildman–Crippen MR) is 85.9 cm³/mol. The zero-order chi connectivity index (χ0) is 13.5. The van der Waals surface area contributed by atoms with Gasteiger partial charge in [0.1, 0.15) is 5.75 Å². The lowest BCUT2D eigenvalue weighted by Crippen LogP contribution is -2.14. The SMILES string of the molecule is CCCC(CBr)COc1ccc(Br)cc1C(C)C. The molecule has 0 radical (unpaired) electrons. The summed E-state index contributed by atoms with van der Waals surface area (Å²) in [6, 6.07) is 6.27. The number of halogens is 2. The Bertz CT molecular complexity index is 364. The fraction of sp³-hybridized carbons (Fsp3) is 0.600. The number of ether oxygens (including phenoxy) is 1. The van der Waals surface area contributed by atoms with Crippen LogP contribution in [0.25, 0.3) is 0 Å². The van der Waals surface area contributed by atoms with Crippen LogP contribution in [0.2, 0.25) is 0 Å². The topological polar surface area (TPSA) is 9.23 Å². The molecule has 0 fully saturated rings. The highest BCUT2D eigenvalue weighted by Crippen LogP contribution is 2.30. The maximum absolute atomic E-state index is 6.01. The van der Waals surface area contributed by atoms with Crippen LogP contribution in [0.5, 0.6) is 5.75 Å². The van der Waals surface area contributed by atoms with Crippen molar-refractivity contribution in [3.8, 4) is 5.75 Å². The average molecular weight is 378 g/mol. The molecule has 0 aromatic heterocycles. The predicted octanol–water partition coefficient (Wildman–Crippen LogP) is 5.76. The van der Waals surface area contributed by atoms with Crippen molar-refractivity contribution in [3.05, 3.63) is 28.2 Å². The van der Waals surface area contributed by atoms with Crippen molar-refractivity contribution in [2.45, 2.75) is 39.5 Å². The summed E-state index contributed by atoms with van der Waals surface area (Å²) in [6.07, 6.45) is 2.41. The van der Waals surface area contributed by atoms with Crippen molar-refractivity contribution in [3.63, 3.8) is 0 Å². The van der Waals surface area contributed by atoms with Gasteiger partial charge in [-0.3, -0.25) is 0 Å². The van der Waals surface area contributed by atoms with Gasteiger partial charge in [0.2, 0.25) is 0 Å². The van der Waals surface area contributed by atoms with Crippen molar-refractivity contribution in [2.75, 3.05) is 11.9 Å². The second kappa shape index (κ2) is 8.21. The lowest BCUT2D eigenvalue weighted by Gasteiger charge is -2.18. The maximum atomic E-state index is 6.01. The van der Waals surface area contributed by atoms with Crippen molar-refractivity contribution in [1.82, 2.24) is 0 Å². The van der Waals surface area contributed by atoms with E-state index in [1.54, 1.807) is 0 Å². The fourth-order valence-corrected chi connectivity index (χ4v) is 2.81. The van der Waals surface area contributed by atoms with E-state index in [9.17, 15) is 0 Å². The van der Waals surface area contributed by atoms with Crippen molar-refractivity contribution in [2.24, 2.45) is 5.92 Å². The summed E-state index contributed by atoms with van der Waals surface area (Å²) in [6.45, 7) is 7.40. The first-order valence-electron chi connectivity index (χ1n) is 6.56. The molecule has 1 unspecified atom stereocenters.